The van der Waals surface area contributed by atoms with Gasteiger partial charge in [-0.1, -0.05) is 48.0 Å². The third kappa shape index (κ3) is 4.51. The van der Waals surface area contributed by atoms with E-state index in [4.69, 9.17) is 4.74 Å². The van der Waals surface area contributed by atoms with E-state index in [-0.39, 0.29) is 17.9 Å². The van der Waals surface area contributed by atoms with Crippen LogP contribution in [0.3, 0.4) is 0 Å². The summed E-state index contributed by atoms with van der Waals surface area (Å²) in [5, 5.41) is 11.7. The summed E-state index contributed by atoms with van der Waals surface area (Å²) in [6.45, 7) is 8.08. The Hall–Kier alpha value is -1.47. The van der Waals surface area contributed by atoms with Crippen molar-refractivity contribution in [1.82, 2.24) is 10.2 Å². The zero-order valence-corrected chi connectivity index (χ0v) is 15.3. The summed E-state index contributed by atoms with van der Waals surface area (Å²) in [6.07, 6.45) is 0. The summed E-state index contributed by atoms with van der Waals surface area (Å²) in [4.78, 5) is 11.9. The third-order valence-corrected chi connectivity index (χ3v) is 4.13. The molecule has 0 atom stereocenters. The number of hydrogen-bond acceptors (Lipinski definition) is 5. The predicted octanol–water partition coefficient (Wildman–Crippen LogP) is 3.92. The predicted molar refractivity (Wildman–Crippen MR) is 91.6 cm³/mol. The Balaban J connectivity index is 2.03. The molecule has 1 N–H and O–H groups in total. The van der Waals surface area contributed by atoms with Gasteiger partial charge in [0, 0.05) is 10.0 Å². The summed E-state index contributed by atoms with van der Waals surface area (Å²) in [7, 11) is 0. The molecular weight excluding hydrogens is 366 g/mol. The number of aryl methyl sites for hydroxylation is 1. The second-order valence-corrected chi connectivity index (χ2v) is 7.95. The number of carbonyl (C=O) groups excluding carboxylic acids is 1. The molecule has 0 saturated heterocycles. The summed E-state index contributed by atoms with van der Waals surface area (Å²) in [6, 6.07) is 5.78. The van der Waals surface area contributed by atoms with Crippen LogP contribution in [-0.2, 0) is 10.2 Å². The van der Waals surface area contributed by atoms with Crippen LogP contribution >= 0.6 is 27.3 Å². The summed E-state index contributed by atoms with van der Waals surface area (Å²) in [5.41, 5.74) is 0.966. The molecule has 1 amide bonds. The summed E-state index contributed by atoms with van der Waals surface area (Å²) >= 11 is 4.80. The molecule has 2 rings (SSSR count). The monoisotopic (exact) mass is 383 g/mol. The van der Waals surface area contributed by atoms with Crippen molar-refractivity contribution in [1.29, 1.82) is 0 Å². The lowest BCUT2D eigenvalue weighted by atomic mass is 9.86. The molecule has 0 fully saturated rings. The normalized spacial score (nSPS) is 11.3. The Morgan fingerprint density at radius 1 is 1.36 bits per heavy atom. The van der Waals surface area contributed by atoms with E-state index in [1.54, 1.807) is 0 Å². The van der Waals surface area contributed by atoms with Gasteiger partial charge in [-0.15, -0.1) is 10.2 Å². The van der Waals surface area contributed by atoms with E-state index in [1.807, 2.05) is 25.1 Å². The number of ether oxygens (including phenoxy) is 1. The first-order valence-corrected chi connectivity index (χ1v) is 8.39. The van der Waals surface area contributed by atoms with Crippen molar-refractivity contribution in [2.45, 2.75) is 33.1 Å². The Morgan fingerprint density at radius 2 is 2.09 bits per heavy atom. The van der Waals surface area contributed by atoms with Crippen LogP contribution in [0, 0.1) is 6.92 Å². The van der Waals surface area contributed by atoms with Crippen LogP contribution in [0.4, 0.5) is 5.13 Å². The van der Waals surface area contributed by atoms with Gasteiger partial charge in [0.15, 0.2) is 6.61 Å². The number of nitrogens with one attached hydrogen (secondary N) is 1. The molecule has 1 aromatic heterocycles. The van der Waals surface area contributed by atoms with E-state index in [0.29, 0.717) is 10.9 Å². The average Bonchev–Trinajstić information content (AvgIpc) is 2.81. The SMILES string of the molecule is Cc1nnc(NC(=O)COc2ccc(Br)cc2C(C)(C)C)s1. The third-order valence-electron chi connectivity index (χ3n) is 2.88. The molecule has 0 unspecified atom stereocenters. The van der Waals surface area contributed by atoms with Gasteiger partial charge in [-0.2, -0.15) is 0 Å². The van der Waals surface area contributed by atoms with E-state index in [0.717, 1.165) is 15.0 Å². The molecule has 5 nitrogen and oxygen atoms in total. The van der Waals surface area contributed by atoms with Crippen LogP contribution in [-0.4, -0.2) is 22.7 Å². The molecular formula is C15H18BrN3O2S. The molecule has 1 heterocycles. The highest BCUT2D eigenvalue weighted by Crippen LogP contribution is 2.33. The molecule has 0 spiro atoms. The Kier molecular flexibility index (Phi) is 5.18. The highest BCUT2D eigenvalue weighted by molar-refractivity contribution is 9.10. The second kappa shape index (κ2) is 6.75. The van der Waals surface area contributed by atoms with Crippen molar-refractivity contribution in [3.63, 3.8) is 0 Å². The molecule has 0 saturated carbocycles. The highest BCUT2D eigenvalue weighted by Gasteiger charge is 2.20. The quantitative estimate of drug-likeness (QED) is 0.868. The van der Waals surface area contributed by atoms with E-state index >= 15 is 0 Å². The Morgan fingerprint density at radius 3 is 2.68 bits per heavy atom. The fourth-order valence-corrected chi connectivity index (χ4v) is 2.83. The molecule has 0 radical (unpaired) electrons. The molecule has 22 heavy (non-hydrogen) atoms. The summed E-state index contributed by atoms with van der Waals surface area (Å²) < 4.78 is 6.67. The number of nitrogens with zero attached hydrogens (tertiary/aromatic N) is 2. The zero-order valence-electron chi connectivity index (χ0n) is 12.9. The maximum absolute atomic E-state index is 11.9. The molecule has 0 aliphatic carbocycles. The number of carbonyl (C=O) groups is 1. The van der Waals surface area contributed by atoms with Crippen molar-refractivity contribution >= 4 is 38.3 Å². The number of benzene rings is 1. The van der Waals surface area contributed by atoms with Crippen LogP contribution in [0.5, 0.6) is 5.75 Å². The van der Waals surface area contributed by atoms with Crippen LogP contribution in [0.25, 0.3) is 0 Å². The van der Waals surface area contributed by atoms with Gasteiger partial charge in [-0.25, -0.2) is 0 Å². The Bertz CT molecular complexity index is 680. The topological polar surface area (TPSA) is 64.1 Å². The van der Waals surface area contributed by atoms with Crippen molar-refractivity contribution in [2.75, 3.05) is 11.9 Å². The minimum Gasteiger partial charge on any atom is -0.483 e. The first kappa shape index (κ1) is 16.9. The fourth-order valence-electron chi connectivity index (χ4n) is 1.86. The van der Waals surface area contributed by atoms with Gasteiger partial charge in [0.25, 0.3) is 5.91 Å². The number of amides is 1. The van der Waals surface area contributed by atoms with E-state index in [2.05, 4.69) is 52.2 Å². The van der Waals surface area contributed by atoms with Crippen LogP contribution in [0.1, 0.15) is 31.3 Å². The average molecular weight is 384 g/mol. The lowest BCUT2D eigenvalue weighted by molar-refractivity contribution is -0.118. The minimum absolute atomic E-state index is 0.0661. The molecule has 0 aliphatic heterocycles. The van der Waals surface area contributed by atoms with Gasteiger partial charge in [0.05, 0.1) is 0 Å². The van der Waals surface area contributed by atoms with Crippen molar-refractivity contribution < 1.29 is 9.53 Å². The molecule has 7 heteroatoms. The number of halogens is 1. The zero-order chi connectivity index (χ0) is 16.3. The van der Waals surface area contributed by atoms with E-state index in [1.165, 1.54) is 11.3 Å². The van der Waals surface area contributed by atoms with Crippen LogP contribution in [0.15, 0.2) is 22.7 Å². The maximum atomic E-state index is 11.9. The largest absolute Gasteiger partial charge is 0.483 e. The van der Waals surface area contributed by atoms with Gasteiger partial charge >= 0.3 is 0 Å². The molecule has 0 aliphatic rings. The minimum atomic E-state index is -0.251. The number of rotatable bonds is 4. The first-order chi connectivity index (χ1) is 10.3. The number of anilines is 1. The van der Waals surface area contributed by atoms with Gasteiger partial charge in [-0.05, 0) is 30.5 Å². The summed E-state index contributed by atoms with van der Waals surface area (Å²) in [5.74, 6) is 0.457. The van der Waals surface area contributed by atoms with E-state index in [9.17, 15) is 4.79 Å². The maximum Gasteiger partial charge on any atom is 0.264 e. The van der Waals surface area contributed by atoms with Gasteiger partial charge < -0.3 is 4.74 Å². The van der Waals surface area contributed by atoms with Crippen molar-refractivity contribution in [3.05, 3.63) is 33.2 Å². The van der Waals surface area contributed by atoms with Crippen molar-refractivity contribution in [2.24, 2.45) is 0 Å². The molecule has 1 aromatic carbocycles. The fraction of sp³-hybridized carbons (Fsp3) is 0.400. The Labute approximate surface area is 142 Å². The molecule has 2 aromatic rings. The lowest BCUT2D eigenvalue weighted by Crippen LogP contribution is -2.22. The van der Waals surface area contributed by atoms with Gasteiger partial charge in [-0.3, -0.25) is 10.1 Å². The second-order valence-electron chi connectivity index (χ2n) is 5.85. The first-order valence-electron chi connectivity index (χ1n) is 6.78. The van der Waals surface area contributed by atoms with Gasteiger partial charge in [0.1, 0.15) is 10.8 Å². The van der Waals surface area contributed by atoms with Crippen molar-refractivity contribution in [3.8, 4) is 5.75 Å². The lowest BCUT2D eigenvalue weighted by Gasteiger charge is -2.23. The van der Waals surface area contributed by atoms with Crippen LogP contribution in [0.2, 0.25) is 0 Å². The molecule has 0 bridgehead atoms. The number of hydrogen-bond donors (Lipinski definition) is 1. The standard InChI is InChI=1S/C15H18BrN3O2S/c1-9-18-19-14(22-9)17-13(20)8-21-12-6-5-10(16)7-11(12)15(2,3)4/h5-7H,8H2,1-4H3,(H,17,19,20). The number of aromatic nitrogens is 2. The van der Waals surface area contributed by atoms with E-state index < -0.39 is 0 Å². The van der Waals surface area contributed by atoms with Gasteiger partial charge in [0.2, 0.25) is 5.13 Å². The van der Waals surface area contributed by atoms with Crippen LogP contribution < -0.4 is 10.1 Å². The molecule has 118 valence electrons. The smallest absolute Gasteiger partial charge is 0.264 e. The highest BCUT2D eigenvalue weighted by atomic mass is 79.9.